The first kappa shape index (κ1) is 41.5. The fourth-order valence-corrected chi connectivity index (χ4v) is 10.1. The molecular formula is C63H40F3N3. The van der Waals surface area contributed by atoms with E-state index in [0.717, 1.165) is 94.2 Å². The summed E-state index contributed by atoms with van der Waals surface area (Å²) in [5.74, 6) is 0. The molecule has 0 fully saturated rings. The van der Waals surface area contributed by atoms with Crippen LogP contribution in [0, 0.1) is 13.5 Å². The van der Waals surface area contributed by atoms with E-state index in [0.29, 0.717) is 28.1 Å². The third-order valence-electron chi connectivity index (χ3n) is 13.4. The molecule has 328 valence electrons. The summed E-state index contributed by atoms with van der Waals surface area (Å²) in [4.78, 5) is 4.13. The lowest BCUT2D eigenvalue weighted by molar-refractivity contribution is -0.137. The summed E-state index contributed by atoms with van der Waals surface area (Å²) >= 11 is 0. The topological polar surface area (TPSA) is 14.2 Å². The van der Waals surface area contributed by atoms with Gasteiger partial charge in [-0.25, -0.2) is 4.85 Å². The van der Waals surface area contributed by atoms with Crippen LogP contribution in [0.1, 0.15) is 11.1 Å². The summed E-state index contributed by atoms with van der Waals surface area (Å²) in [6, 6.07) is 75.1. The van der Waals surface area contributed by atoms with Crippen molar-refractivity contribution < 1.29 is 13.2 Å². The first-order chi connectivity index (χ1) is 33.7. The predicted octanol–water partition coefficient (Wildman–Crippen LogP) is 18.1. The van der Waals surface area contributed by atoms with Crippen LogP contribution in [0.25, 0.3) is 115 Å². The summed E-state index contributed by atoms with van der Waals surface area (Å²) in [6.45, 7) is 10.4. The van der Waals surface area contributed by atoms with Crippen molar-refractivity contribution in [2.75, 3.05) is 0 Å². The molecule has 6 heteroatoms. The van der Waals surface area contributed by atoms with E-state index in [1.807, 2.05) is 84.9 Å². The molecule has 0 N–H and O–H groups in total. The smallest absolute Gasteiger partial charge is 0.308 e. The average molecular weight is 896 g/mol. The molecule has 0 aliphatic heterocycles. The van der Waals surface area contributed by atoms with E-state index < -0.39 is 11.7 Å². The Labute approximate surface area is 397 Å². The first-order valence-electron chi connectivity index (χ1n) is 22.8. The van der Waals surface area contributed by atoms with Crippen LogP contribution in [-0.4, -0.2) is 9.13 Å². The number of benzene rings is 10. The molecule has 0 saturated heterocycles. The highest BCUT2D eigenvalue weighted by Gasteiger charge is 2.32. The number of aromatic nitrogens is 2. The molecule has 12 aromatic rings. The zero-order chi connectivity index (χ0) is 46.8. The monoisotopic (exact) mass is 895 g/mol. The number of halogens is 3. The zero-order valence-corrected chi connectivity index (χ0v) is 37.3. The minimum atomic E-state index is -4.59. The number of hydrogen-bond acceptors (Lipinski definition) is 0. The fraction of sp³-hybridized carbons (Fsp3) is 0.0317. The highest BCUT2D eigenvalue weighted by molar-refractivity contribution is 6.14. The van der Waals surface area contributed by atoms with Crippen LogP contribution >= 0.6 is 0 Å². The van der Waals surface area contributed by atoms with Crippen molar-refractivity contribution in [3.8, 4) is 67.0 Å². The van der Waals surface area contributed by atoms with E-state index in [1.165, 1.54) is 6.07 Å². The van der Waals surface area contributed by atoms with Crippen LogP contribution in [0.5, 0.6) is 0 Å². The van der Waals surface area contributed by atoms with Gasteiger partial charge in [-0.1, -0.05) is 176 Å². The normalized spacial score (nSPS) is 11.8. The van der Waals surface area contributed by atoms with E-state index in [-0.39, 0.29) is 5.69 Å². The lowest BCUT2D eigenvalue weighted by atomic mass is 9.97. The number of hydrogen-bond donors (Lipinski definition) is 0. The van der Waals surface area contributed by atoms with Crippen LogP contribution in [0.4, 0.5) is 18.9 Å². The lowest BCUT2D eigenvalue weighted by Crippen LogP contribution is -2.06. The van der Waals surface area contributed by atoms with E-state index in [9.17, 15) is 13.2 Å². The Kier molecular flexibility index (Phi) is 9.89. The fourth-order valence-electron chi connectivity index (χ4n) is 10.1. The van der Waals surface area contributed by atoms with Crippen molar-refractivity contribution in [3.05, 3.63) is 247 Å². The number of alkyl halides is 3. The van der Waals surface area contributed by atoms with Gasteiger partial charge in [0.25, 0.3) is 0 Å². The van der Waals surface area contributed by atoms with Gasteiger partial charge in [0, 0.05) is 21.5 Å². The summed E-state index contributed by atoms with van der Waals surface area (Å²) in [5, 5.41) is 4.08. The first-order valence-corrected chi connectivity index (χ1v) is 22.8. The maximum atomic E-state index is 14.6. The molecule has 0 atom stereocenters. The predicted molar refractivity (Wildman–Crippen MR) is 278 cm³/mol. The van der Waals surface area contributed by atoms with Gasteiger partial charge in [0.2, 0.25) is 0 Å². The Morgan fingerprint density at radius 1 is 0.362 bits per heavy atom. The lowest BCUT2D eigenvalue weighted by Gasteiger charge is -2.21. The third-order valence-corrected chi connectivity index (χ3v) is 13.4. The molecule has 2 aromatic heterocycles. The molecule has 2 heterocycles. The largest absolute Gasteiger partial charge is 0.416 e. The molecule has 0 saturated carbocycles. The number of aryl methyl sites for hydroxylation is 1. The number of nitrogens with zero attached hydrogens (tertiary/aromatic N) is 3. The van der Waals surface area contributed by atoms with Gasteiger partial charge in [0.1, 0.15) is 0 Å². The van der Waals surface area contributed by atoms with Gasteiger partial charge in [-0.15, -0.1) is 0 Å². The van der Waals surface area contributed by atoms with E-state index in [1.54, 1.807) is 13.0 Å². The second-order valence-corrected chi connectivity index (χ2v) is 17.6. The molecule has 0 aliphatic rings. The second kappa shape index (κ2) is 16.4. The molecule has 0 unspecified atom stereocenters. The van der Waals surface area contributed by atoms with Crippen LogP contribution in [-0.2, 0) is 6.18 Å². The molecule has 10 aromatic carbocycles. The second-order valence-electron chi connectivity index (χ2n) is 17.6. The number of fused-ring (bicyclic) bond motifs is 6. The third kappa shape index (κ3) is 7.24. The van der Waals surface area contributed by atoms with Crippen LogP contribution < -0.4 is 0 Å². The van der Waals surface area contributed by atoms with Crippen LogP contribution in [0.3, 0.4) is 0 Å². The van der Waals surface area contributed by atoms with Gasteiger partial charge in [-0.05, 0) is 117 Å². The van der Waals surface area contributed by atoms with Gasteiger partial charge in [-0.3, -0.25) is 0 Å². The molecule has 3 nitrogen and oxygen atoms in total. The molecular weight excluding hydrogens is 856 g/mol. The van der Waals surface area contributed by atoms with Crippen molar-refractivity contribution in [2.24, 2.45) is 0 Å². The van der Waals surface area contributed by atoms with Gasteiger partial charge in [-0.2, -0.15) is 13.2 Å². The minimum Gasteiger partial charge on any atom is -0.308 e. The molecule has 0 spiro atoms. The van der Waals surface area contributed by atoms with Crippen molar-refractivity contribution in [1.29, 1.82) is 0 Å². The van der Waals surface area contributed by atoms with Crippen molar-refractivity contribution >= 4 is 49.3 Å². The Bertz CT molecular complexity index is 3800. The Morgan fingerprint density at radius 3 is 1.04 bits per heavy atom. The van der Waals surface area contributed by atoms with Gasteiger partial charge >= 0.3 is 6.18 Å². The van der Waals surface area contributed by atoms with Crippen LogP contribution in [0.15, 0.2) is 224 Å². The SMILES string of the molecule is [C-]#[N+]c1cc(-n2c3cc(-c4ccccc4)ccc3c3ccc(-c4ccccc4)cc32)c(-n2c3cc(-c4ccccc4)ccc3c3ccc(-c4ccccc4)cc32)cc1-c1cc(C)cc(C(F)(F)F)c1. The van der Waals surface area contributed by atoms with Gasteiger partial charge in [0.15, 0.2) is 5.69 Å². The zero-order valence-electron chi connectivity index (χ0n) is 37.3. The number of rotatable bonds is 7. The molecule has 0 bridgehead atoms. The summed E-state index contributed by atoms with van der Waals surface area (Å²) in [7, 11) is 0. The minimum absolute atomic E-state index is 0.233. The van der Waals surface area contributed by atoms with E-state index >= 15 is 0 Å². The molecule has 0 radical (unpaired) electrons. The quantitative estimate of drug-likeness (QED) is 0.142. The molecule has 69 heavy (non-hydrogen) atoms. The highest BCUT2D eigenvalue weighted by Crippen LogP contribution is 2.46. The van der Waals surface area contributed by atoms with Crippen molar-refractivity contribution in [1.82, 2.24) is 9.13 Å². The Morgan fingerprint density at radius 2 is 0.710 bits per heavy atom. The molecule has 12 rings (SSSR count). The van der Waals surface area contributed by atoms with E-state index in [2.05, 4.69) is 135 Å². The molecule has 0 aliphatic carbocycles. The maximum absolute atomic E-state index is 14.6. The van der Waals surface area contributed by atoms with Crippen molar-refractivity contribution in [2.45, 2.75) is 13.1 Å². The van der Waals surface area contributed by atoms with E-state index in [4.69, 9.17) is 6.57 Å². The Balaban J connectivity index is 1.27. The molecule has 0 amide bonds. The highest BCUT2D eigenvalue weighted by atomic mass is 19.4. The maximum Gasteiger partial charge on any atom is 0.416 e. The summed E-state index contributed by atoms with van der Waals surface area (Å²) in [5.41, 5.74) is 14.0. The summed E-state index contributed by atoms with van der Waals surface area (Å²) in [6.07, 6.45) is -4.59. The van der Waals surface area contributed by atoms with Gasteiger partial charge in [0.05, 0.1) is 45.6 Å². The van der Waals surface area contributed by atoms with Crippen molar-refractivity contribution in [3.63, 3.8) is 0 Å². The summed E-state index contributed by atoms with van der Waals surface area (Å²) < 4.78 is 48.4. The Hall–Kier alpha value is -8.92. The van der Waals surface area contributed by atoms with Crippen LogP contribution in [0.2, 0.25) is 0 Å². The standard InChI is InChI=1S/C63H40F3N3/c1-40-31-49(33-50(32-40)63(64,65)66)55-38-61(68-57-34-45(41-15-7-3-8-16-41)23-27-51(57)52-28-24-46(35-58(52)68)42-17-9-4-10-18-42)62(39-56(55)67-2)69-59-36-47(43-19-11-5-12-20-43)25-29-53(59)54-30-26-48(37-60(54)69)44-21-13-6-14-22-44/h3-39H,1H3. The van der Waals surface area contributed by atoms with Gasteiger partial charge < -0.3 is 9.13 Å². The average Bonchev–Trinajstić information content (AvgIpc) is 3.89.